The maximum Gasteiger partial charge on any atom is 0.164 e. The van der Waals surface area contributed by atoms with Gasteiger partial charge in [-0.2, -0.15) is 0 Å². The van der Waals surface area contributed by atoms with Crippen LogP contribution in [0.2, 0.25) is 0 Å². The zero-order valence-electron chi connectivity index (χ0n) is 17.7. The molecule has 31 heavy (non-hydrogen) atoms. The first kappa shape index (κ1) is 18.5. The Hall–Kier alpha value is -3.26. The second kappa shape index (κ2) is 7.77. The van der Waals surface area contributed by atoms with E-state index in [0.717, 1.165) is 5.75 Å². The summed E-state index contributed by atoms with van der Waals surface area (Å²) in [6, 6.07) is 33.0. The molecule has 4 aromatic rings. The van der Waals surface area contributed by atoms with Gasteiger partial charge in [0.25, 0.3) is 0 Å². The molecule has 0 N–H and O–H groups in total. The van der Waals surface area contributed by atoms with Crippen molar-refractivity contribution in [2.45, 2.75) is 44.2 Å². The van der Waals surface area contributed by atoms with E-state index in [2.05, 4.69) is 95.6 Å². The molecule has 154 valence electrons. The van der Waals surface area contributed by atoms with Crippen LogP contribution in [0.1, 0.15) is 55.5 Å². The molecule has 1 aliphatic heterocycles. The summed E-state index contributed by atoms with van der Waals surface area (Å²) in [6.45, 7) is 0. The highest BCUT2D eigenvalue weighted by Gasteiger charge is 2.35. The second-order valence-corrected chi connectivity index (χ2v) is 8.76. The lowest BCUT2D eigenvalue weighted by Crippen LogP contribution is -2.23. The van der Waals surface area contributed by atoms with Crippen LogP contribution in [-0.2, 0) is 0 Å². The van der Waals surface area contributed by atoms with Gasteiger partial charge in [-0.15, -0.1) is 0 Å². The number of ether oxygens (including phenoxy) is 1. The maximum atomic E-state index is 6.70. The SMILES string of the molecule is c1ccc(-c2cc3c(n2C2CCCCC2)[C@H](c2ccccc2)Oc2ccccc2-3)cc1. The highest BCUT2D eigenvalue weighted by atomic mass is 16.5. The standard InChI is InChI=1S/C29H27NO/c1-4-12-21(13-5-1)26-20-25-24-18-10-11-19-27(24)31-29(22-14-6-2-7-15-22)28(25)30(26)23-16-8-3-9-17-23/h1-2,4-7,10-15,18-20,23,29H,3,8-9,16-17H2/t29-/m0/s1. The minimum Gasteiger partial charge on any atom is -0.479 e. The van der Waals surface area contributed by atoms with Crippen LogP contribution in [0.25, 0.3) is 22.4 Å². The van der Waals surface area contributed by atoms with Crippen molar-refractivity contribution < 1.29 is 4.74 Å². The van der Waals surface area contributed by atoms with E-state index in [0.29, 0.717) is 6.04 Å². The van der Waals surface area contributed by atoms with Gasteiger partial charge in [-0.25, -0.2) is 0 Å². The molecule has 2 nitrogen and oxygen atoms in total. The van der Waals surface area contributed by atoms with Gasteiger partial charge < -0.3 is 9.30 Å². The van der Waals surface area contributed by atoms with Gasteiger partial charge >= 0.3 is 0 Å². The van der Waals surface area contributed by atoms with Gasteiger partial charge in [0.15, 0.2) is 6.10 Å². The fourth-order valence-corrected chi connectivity index (χ4v) is 5.42. The summed E-state index contributed by atoms with van der Waals surface area (Å²) in [4.78, 5) is 0. The van der Waals surface area contributed by atoms with Crippen molar-refractivity contribution in [2.24, 2.45) is 0 Å². The van der Waals surface area contributed by atoms with Crippen LogP contribution in [0.4, 0.5) is 0 Å². The molecule has 0 spiro atoms. The van der Waals surface area contributed by atoms with E-state index in [9.17, 15) is 0 Å². The highest BCUT2D eigenvalue weighted by molar-refractivity contribution is 5.81. The van der Waals surface area contributed by atoms with Crippen LogP contribution in [0, 0.1) is 0 Å². The number of nitrogens with zero attached hydrogens (tertiary/aromatic N) is 1. The Labute approximate surface area is 184 Å². The van der Waals surface area contributed by atoms with Crippen molar-refractivity contribution in [2.75, 3.05) is 0 Å². The predicted molar refractivity (Wildman–Crippen MR) is 126 cm³/mol. The van der Waals surface area contributed by atoms with Crippen LogP contribution >= 0.6 is 0 Å². The largest absolute Gasteiger partial charge is 0.479 e. The molecule has 1 aliphatic carbocycles. The average Bonchev–Trinajstić information content (AvgIpc) is 3.26. The molecular formula is C29H27NO. The Morgan fingerprint density at radius 2 is 1.35 bits per heavy atom. The third-order valence-electron chi connectivity index (χ3n) is 6.86. The molecule has 2 heterocycles. The second-order valence-electron chi connectivity index (χ2n) is 8.76. The Balaban J connectivity index is 1.64. The summed E-state index contributed by atoms with van der Waals surface area (Å²) < 4.78 is 9.34. The quantitative estimate of drug-likeness (QED) is 0.339. The van der Waals surface area contributed by atoms with Crippen LogP contribution in [0.3, 0.4) is 0 Å². The van der Waals surface area contributed by atoms with Crippen molar-refractivity contribution in [3.63, 3.8) is 0 Å². The van der Waals surface area contributed by atoms with Gasteiger partial charge in [0.1, 0.15) is 5.75 Å². The first-order chi connectivity index (χ1) is 15.4. The minimum atomic E-state index is -0.0921. The summed E-state index contributed by atoms with van der Waals surface area (Å²) >= 11 is 0. The van der Waals surface area contributed by atoms with Crippen molar-refractivity contribution >= 4 is 0 Å². The molecule has 1 saturated carbocycles. The van der Waals surface area contributed by atoms with E-state index in [1.807, 2.05) is 0 Å². The van der Waals surface area contributed by atoms with E-state index in [4.69, 9.17) is 4.74 Å². The van der Waals surface area contributed by atoms with Gasteiger partial charge in [0.2, 0.25) is 0 Å². The third kappa shape index (κ3) is 3.18. The zero-order valence-corrected chi connectivity index (χ0v) is 17.7. The molecule has 0 radical (unpaired) electrons. The molecule has 0 saturated heterocycles. The monoisotopic (exact) mass is 405 g/mol. The number of para-hydroxylation sites is 1. The molecular weight excluding hydrogens is 378 g/mol. The number of rotatable bonds is 3. The molecule has 6 rings (SSSR count). The fraction of sp³-hybridized carbons (Fsp3) is 0.241. The molecule has 0 bridgehead atoms. The lowest BCUT2D eigenvalue weighted by Gasteiger charge is -2.33. The van der Waals surface area contributed by atoms with E-state index in [-0.39, 0.29) is 6.10 Å². The fourth-order valence-electron chi connectivity index (χ4n) is 5.42. The van der Waals surface area contributed by atoms with Crippen molar-refractivity contribution in [3.8, 4) is 28.1 Å². The topological polar surface area (TPSA) is 14.2 Å². The van der Waals surface area contributed by atoms with E-state index < -0.39 is 0 Å². The molecule has 1 fully saturated rings. The first-order valence-corrected chi connectivity index (χ1v) is 11.5. The van der Waals surface area contributed by atoms with Crippen LogP contribution < -0.4 is 4.74 Å². The minimum absolute atomic E-state index is 0.0921. The first-order valence-electron chi connectivity index (χ1n) is 11.5. The number of benzene rings is 3. The van der Waals surface area contributed by atoms with Crippen molar-refractivity contribution in [1.82, 2.24) is 4.57 Å². The maximum absolute atomic E-state index is 6.70. The summed E-state index contributed by atoms with van der Waals surface area (Å²) in [5.41, 5.74) is 7.66. The Morgan fingerprint density at radius 1 is 0.677 bits per heavy atom. The van der Waals surface area contributed by atoms with Crippen LogP contribution in [0.5, 0.6) is 5.75 Å². The van der Waals surface area contributed by atoms with Crippen LogP contribution in [-0.4, -0.2) is 4.57 Å². The van der Waals surface area contributed by atoms with E-state index in [1.165, 1.54) is 65.7 Å². The van der Waals surface area contributed by atoms with E-state index >= 15 is 0 Å². The summed E-state index contributed by atoms with van der Waals surface area (Å²) in [7, 11) is 0. The van der Waals surface area contributed by atoms with Gasteiger partial charge in [-0.3, -0.25) is 0 Å². The number of hydrogen-bond donors (Lipinski definition) is 0. The Bertz CT molecular complexity index is 1190. The van der Waals surface area contributed by atoms with Gasteiger partial charge in [-0.1, -0.05) is 98.1 Å². The number of hydrogen-bond acceptors (Lipinski definition) is 1. The smallest absolute Gasteiger partial charge is 0.164 e. The van der Waals surface area contributed by atoms with E-state index in [1.54, 1.807) is 0 Å². The third-order valence-corrected chi connectivity index (χ3v) is 6.86. The van der Waals surface area contributed by atoms with Crippen molar-refractivity contribution in [1.29, 1.82) is 0 Å². The molecule has 1 aromatic heterocycles. The lowest BCUT2D eigenvalue weighted by atomic mass is 9.92. The molecule has 1 atom stereocenters. The summed E-state index contributed by atoms with van der Waals surface area (Å²) in [5.74, 6) is 0.976. The average molecular weight is 406 g/mol. The summed E-state index contributed by atoms with van der Waals surface area (Å²) in [6.07, 6.45) is 6.35. The molecule has 2 heteroatoms. The Kier molecular flexibility index (Phi) is 4.64. The van der Waals surface area contributed by atoms with Gasteiger partial charge in [0.05, 0.1) is 5.69 Å². The van der Waals surface area contributed by atoms with Gasteiger partial charge in [0, 0.05) is 22.9 Å². The molecule has 3 aromatic carbocycles. The highest BCUT2D eigenvalue weighted by Crippen LogP contribution is 2.50. The lowest BCUT2D eigenvalue weighted by molar-refractivity contribution is 0.223. The summed E-state index contributed by atoms with van der Waals surface area (Å²) in [5, 5.41) is 0. The number of fused-ring (bicyclic) bond motifs is 3. The molecule has 0 unspecified atom stereocenters. The normalized spacial score (nSPS) is 18.1. The Morgan fingerprint density at radius 3 is 2.13 bits per heavy atom. The van der Waals surface area contributed by atoms with Crippen molar-refractivity contribution in [3.05, 3.63) is 102 Å². The van der Waals surface area contributed by atoms with Gasteiger partial charge in [-0.05, 0) is 36.1 Å². The zero-order chi connectivity index (χ0) is 20.6. The number of aromatic nitrogens is 1. The van der Waals surface area contributed by atoms with Crippen LogP contribution in [0.15, 0.2) is 91.0 Å². The molecule has 0 amide bonds. The predicted octanol–water partition coefficient (Wildman–Crippen LogP) is 7.81. The molecule has 2 aliphatic rings.